The normalized spacial score (nSPS) is 16.4. The molecular formula is C27H32N4O4S. The maximum atomic E-state index is 11.3. The second kappa shape index (κ2) is 12.2. The molecule has 0 radical (unpaired) electrons. The molecule has 1 aliphatic rings. The van der Waals surface area contributed by atoms with Crippen molar-refractivity contribution >= 4 is 23.9 Å². The number of aryl methyl sites for hydroxylation is 2. The first-order valence-corrected chi connectivity index (χ1v) is 12.9. The van der Waals surface area contributed by atoms with Crippen LogP contribution in [0.25, 0.3) is 11.3 Å². The van der Waals surface area contributed by atoms with Crippen LogP contribution in [0.5, 0.6) is 5.88 Å². The molecule has 0 saturated carbocycles. The van der Waals surface area contributed by atoms with Crippen LogP contribution in [0.15, 0.2) is 53.4 Å². The van der Waals surface area contributed by atoms with Gasteiger partial charge in [0.2, 0.25) is 11.8 Å². The van der Waals surface area contributed by atoms with Crippen LogP contribution in [-0.4, -0.2) is 46.4 Å². The van der Waals surface area contributed by atoms with Crippen molar-refractivity contribution < 1.29 is 19.4 Å². The Labute approximate surface area is 215 Å². The Morgan fingerprint density at radius 3 is 2.69 bits per heavy atom. The summed E-state index contributed by atoms with van der Waals surface area (Å²) in [5.74, 6) is -0.193. The number of carbonyl (C=O) groups is 1. The van der Waals surface area contributed by atoms with Crippen molar-refractivity contribution in [3.05, 3.63) is 65.2 Å². The van der Waals surface area contributed by atoms with Gasteiger partial charge in [-0.05, 0) is 80.8 Å². The third-order valence-corrected chi connectivity index (χ3v) is 6.84. The summed E-state index contributed by atoms with van der Waals surface area (Å²) in [5, 5.41) is 9.26. The van der Waals surface area contributed by atoms with Gasteiger partial charge >= 0.3 is 5.97 Å². The van der Waals surface area contributed by atoms with Gasteiger partial charge in [0.25, 0.3) is 0 Å². The van der Waals surface area contributed by atoms with E-state index < -0.39 is 5.97 Å². The highest BCUT2D eigenvalue weighted by Gasteiger charge is 2.19. The highest BCUT2D eigenvalue weighted by atomic mass is 32.2. The molecule has 1 aliphatic heterocycles. The van der Waals surface area contributed by atoms with Gasteiger partial charge in [-0.25, -0.2) is 9.78 Å². The minimum Gasteiger partial charge on any atom is -0.478 e. The van der Waals surface area contributed by atoms with E-state index in [1.54, 1.807) is 18.2 Å². The quantitative estimate of drug-likeness (QED) is 0.316. The summed E-state index contributed by atoms with van der Waals surface area (Å²) in [6.07, 6.45) is 4.24. The summed E-state index contributed by atoms with van der Waals surface area (Å²) in [5.41, 5.74) is 10.5. The molecule has 1 saturated heterocycles. The standard InChI is InChI=1S/C27H32N4O4S/c1-17-7-5-8-18(2)25(17)23-15-24(35-16-20(28)14-21-10-3-4-12-34-21)30-27(29-23)31-36-22-11-6-9-19(13-22)26(32)33/h5-9,11,13,15,20-21H,3-4,10,12,14,16,28H2,1-2H3,(H,32,33)(H,29,30,31). The molecule has 4 N–H and O–H groups in total. The zero-order valence-corrected chi connectivity index (χ0v) is 21.4. The molecule has 3 aromatic rings. The van der Waals surface area contributed by atoms with Crippen molar-refractivity contribution in [2.45, 2.75) is 56.6 Å². The first-order chi connectivity index (χ1) is 17.4. The van der Waals surface area contributed by atoms with Gasteiger partial charge in [-0.2, -0.15) is 4.98 Å². The van der Waals surface area contributed by atoms with E-state index in [2.05, 4.69) is 9.71 Å². The van der Waals surface area contributed by atoms with Gasteiger partial charge < -0.3 is 20.3 Å². The lowest BCUT2D eigenvalue weighted by atomic mass is 10.00. The van der Waals surface area contributed by atoms with E-state index in [1.165, 1.54) is 18.4 Å². The highest BCUT2D eigenvalue weighted by Crippen LogP contribution is 2.30. The molecule has 1 aromatic heterocycles. The molecule has 2 atom stereocenters. The zero-order valence-electron chi connectivity index (χ0n) is 20.6. The molecule has 0 aliphatic carbocycles. The fourth-order valence-electron chi connectivity index (χ4n) is 4.28. The van der Waals surface area contributed by atoms with Crippen molar-refractivity contribution in [1.82, 2.24) is 9.97 Å². The molecule has 9 heteroatoms. The predicted molar refractivity (Wildman–Crippen MR) is 142 cm³/mol. The van der Waals surface area contributed by atoms with Crippen LogP contribution < -0.4 is 15.2 Å². The number of ether oxygens (including phenoxy) is 2. The van der Waals surface area contributed by atoms with E-state index in [0.717, 1.165) is 53.1 Å². The number of hydrogen-bond acceptors (Lipinski definition) is 8. The molecule has 36 heavy (non-hydrogen) atoms. The van der Waals surface area contributed by atoms with E-state index in [4.69, 9.17) is 20.2 Å². The number of carboxylic acids is 1. The van der Waals surface area contributed by atoms with Gasteiger partial charge in [0.05, 0.1) is 17.4 Å². The predicted octanol–water partition coefficient (Wildman–Crippen LogP) is 5.24. The Bertz CT molecular complexity index is 1180. The van der Waals surface area contributed by atoms with Gasteiger partial charge in [0, 0.05) is 29.2 Å². The Hall–Kier alpha value is -3.14. The lowest BCUT2D eigenvalue weighted by Crippen LogP contribution is -2.34. The summed E-state index contributed by atoms with van der Waals surface area (Å²) >= 11 is 1.24. The molecule has 2 heterocycles. The minimum atomic E-state index is -0.976. The molecule has 2 unspecified atom stereocenters. The third kappa shape index (κ3) is 6.96. The number of nitrogens with one attached hydrogen (secondary N) is 1. The van der Waals surface area contributed by atoms with Crippen molar-refractivity contribution in [3.63, 3.8) is 0 Å². The zero-order chi connectivity index (χ0) is 25.5. The van der Waals surface area contributed by atoms with Gasteiger partial charge in [-0.15, -0.1) is 0 Å². The number of benzene rings is 2. The topological polar surface area (TPSA) is 120 Å². The number of rotatable bonds is 10. The second-order valence-electron chi connectivity index (χ2n) is 9.01. The number of nitrogens with zero attached hydrogens (tertiary/aromatic N) is 2. The lowest BCUT2D eigenvalue weighted by molar-refractivity contribution is 0.00479. The first kappa shape index (κ1) is 25.9. The first-order valence-electron chi connectivity index (χ1n) is 12.1. The van der Waals surface area contributed by atoms with Crippen LogP contribution in [0.2, 0.25) is 0 Å². The number of nitrogens with two attached hydrogens (primary N) is 1. The molecule has 1 fully saturated rings. The van der Waals surface area contributed by atoms with E-state index in [-0.39, 0.29) is 17.7 Å². The SMILES string of the molecule is Cc1cccc(C)c1-c1cc(OCC(N)CC2CCCCO2)nc(NSc2cccc(C(=O)O)c2)n1. The van der Waals surface area contributed by atoms with Crippen molar-refractivity contribution in [2.75, 3.05) is 17.9 Å². The Balaban J connectivity index is 1.53. The lowest BCUT2D eigenvalue weighted by Gasteiger charge is -2.25. The van der Waals surface area contributed by atoms with Crippen LogP contribution in [-0.2, 0) is 4.74 Å². The molecule has 0 spiro atoms. The van der Waals surface area contributed by atoms with Gasteiger partial charge in [0.15, 0.2) is 0 Å². The molecule has 0 amide bonds. The summed E-state index contributed by atoms with van der Waals surface area (Å²) in [6, 6.07) is 14.4. The van der Waals surface area contributed by atoms with Gasteiger partial charge in [-0.1, -0.05) is 24.3 Å². The molecule has 4 rings (SSSR count). The van der Waals surface area contributed by atoms with Crippen LogP contribution in [0, 0.1) is 13.8 Å². The monoisotopic (exact) mass is 508 g/mol. The average molecular weight is 509 g/mol. The largest absolute Gasteiger partial charge is 0.478 e. The summed E-state index contributed by atoms with van der Waals surface area (Å²) in [4.78, 5) is 21.3. The Morgan fingerprint density at radius 1 is 1.19 bits per heavy atom. The fourth-order valence-corrected chi connectivity index (χ4v) is 4.91. The van der Waals surface area contributed by atoms with E-state index in [0.29, 0.717) is 18.4 Å². The maximum absolute atomic E-state index is 11.3. The average Bonchev–Trinajstić information content (AvgIpc) is 2.87. The number of aromatic nitrogens is 2. The Kier molecular flexibility index (Phi) is 8.79. The highest BCUT2D eigenvalue weighted by molar-refractivity contribution is 8.00. The Morgan fingerprint density at radius 2 is 1.97 bits per heavy atom. The van der Waals surface area contributed by atoms with Crippen LogP contribution in [0.3, 0.4) is 0 Å². The van der Waals surface area contributed by atoms with E-state index in [9.17, 15) is 9.90 Å². The molecule has 0 bridgehead atoms. The second-order valence-corrected chi connectivity index (χ2v) is 9.89. The van der Waals surface area contributed by atoms with E-state index in [1.807, 2.05) is 44.2 Å². The van der Waals surface area contributed by atoms with Crippen LogP contribution >= 0.6 is 11.9 Å². The number of aromatic carboxylic acids is 1. The number of carboxylic acid groups (broad SMARTS) is 1. The third-order valence-electron chi connectivity index (χ3n) is 6.07. The summed E-state index contributed by atoms with van der Waals surface area (Å²) < 4.78 is 15.0. The van der Waals surface area contributed by atoms with E-state index >= 15 is 0 Å². The van der Waals surface area contributed by atoms with Gasteiger partial charge in [0.1, 0.15) is 6.61 Å². The van der Waals surface area contributed by atoms with Crippen LogP contribution in [0.1, 0.15) is 47.2 Å². The summed E-state index contributed by atoms with van der Waals surface area (Å²) in [7, 11) is 0. The fraction of sp³-hybridized carbons (Fsp3) is 0.370. The number of anilines is 1. The van der Waals surface area contributed by atoms with Crippen molar-refractivity contribution in [2.24, 2.45) is 5.73 Å². The molecule has 190 valence electrons. The van der Waals surface area contributed by atoms with Crippen molar-refractivity contribution in [1.29, 1.82) is 0 Å². The smallest absolute Gasteiger partial charge is 0.335 e. The molecular weight excluding hydrogens is 476 g/mol. The molecule has 2 aromatic carbocycles. The van der Waals surface area contributed by atoms with Crippen molar-refractivity contribution in [3.8, 4) is 17.1 Å². The van der Waals surface area contributed by atoms with Crippen LogP contribution in [0.4, 0.5) is 5.95 Å². The number of hydrogen-bond donors (Lipinski definition) is 3. The maximum Gasteiger partial charge on any atom is 0.335 e. The summed E-state index contributed by atoms with van der Waals surface area (Å²) in [6.45, 7) is 5.20. The minimum absolute atomic E-state index is 0.170. The molecule has 8 nitrogen and oxygen atoms in total. The van der Waals surface area contributed by atoms with Gasteiger partial charge in [-0.3, -0.25) is 4.72 Å².